The van der Waals surface area contributed by atoms with E-state index in [0.29, 0.717) is 18.2 Å². The number of nitrogens with two attached hydrogens (primary N) is 1. The van der Waals surface area contributed by atoms with Gasteiger partial charge in [0.2, 0.25) is 5.91 Å². The number of benzene rings is 1. The maximum atomic E-state index is 12.9. The molecule has 1 aliphatic heterocycles. The van der Waals surface area contributed by atoms with Gasteiger partial charge in [-0.25, -0.2) is 4.39 Å². The molecule has 0 radical (unpaired) electrons. The second kappa shape index (κ2) is 7.94. The van der Waals surface area contributed by atoms with E-state index in [0.717, 1.165) is 19.5 Å². The fourth-order valence-corrected chi connectivity index (χ4v) is 2.63. The molecule has 1 aromatic carbocycles. The van der Waals surface area contributed by atoms with E-state index in [9.17, 15) is 9.18 Å². The van der Waals surface area contributed by atoms with Crippen LogP contribution in [0.25, 0.3) is 0 Å². The first-order chi connectivity index (χ1) is 9.45. The second-order valence-electron chi connectivity index (χ2n) is 5.32. The van der Waals surface area contributed by atoms with E-state index in [1.54, 1.807) is 0 Å². The standard InChI is InChI=1S/C14H19ClFN3O.ClH/c1-9(17)10-4-5-19(7-10)8-14(20)18-13-3-2-11(16)6-12(13)15;/h2-3,6,9-10H,4-5,7-8,17H2,1H3,(H,18,20);1H. The molecule has 0 bridgehead atoms. The molecular weight excluding hydrogens is 316 g/mol. The Kier molecular flexibility index (Phi) is 6.87. The summed E-state index contributed by atoms with van der Waals surface area (Å²) in [6.45, 7) is 4.00. The van der Waals surface area contributed by atoms with Gasteiger partial charge in [-0.2, -0.15) is 0 Å². The number of nitrogens with one attached hydrogen (secondary N) is 1. The van der Waals surface area contributed by atoms with E-state index >= 15 is 0 Å². The number of hydrogen-bond acceptors (Lipinski definition) is 3. The summed E-state index contributed by atoms with van der Waals surface area (Å²) in [4.78, 5) is 14.0. The van der Waals surface area contributed by atoms with Gasteiger partial charge in [0.15, 0.2) is 0 Å². The molecule has 1 aliphatic rings. The van der Waals surface area contributed by atoms with Crippen LogP contribution in [0, 0.1) is 11.7 Å². The molecule has 1 heterocycles. The number of nitrogens with zero attached hydrogens (tertiary/aromatic N) is 1. The highest BCUT2D eigenvalue weighted by atomic mass is 35.5. The lowest BCUT2D eigenvalue weighted by atomic mass is 10.0. The van der Waals surface area contributed by atoms with E-state index in [2.05, 4.69) is 10.2 Å². The number of likely N-dealkylation sites (tertiary alicyclic amines) is 1. The summed E-state index contributed by atoms with van der Waals surface area (Å²) < 4.78 is 12.9. The minimum atomic E-state index is -0.424. The molecule has 7 heteroatoms. The molecule has 1 saturated heterocycles. The van der Waals surface area contributed by atoms with Gasteiger partial charge in [0, 0.05) is 12.6 Å². The van der Waals surface area contributed by atoms with Gasteiger partial charge in [0.1, 0.15) is 5.82 Å². The van der Waals surface area contributed by atoms with Crippen LogP contribution >= 0.6 is 24.0 Å². The molecular formula is C14H20Cl2FN3O. The number of carbonyl (C=O) groups is 1. The van der Waals surface area contributed by atoms with Gasteiger partial charge in [-0.3, -0.25) is 9.69 Å². The van der Waals surface area contributed by atoms with Crippen LogP contribution in [-0.4, -0.2) is 36.5 Å². The predicted octanol–water partition coefficient (Wildman–Crippen LogP) is 2.51. The van der Waals surface area contributed by atoms with Gasteiger partial charge in [-0.15, -0.1) is 12.4 Å². The Balaban J connectivity index is 0.00000220. The van der Waals surface area contributed by atoms with Gasteiger partial charge in [0.05, 0.1) is 17.3 Å². The zero-order valence-electron chi connectivity index (χ0n) is 11.8. The highest BCUT2D eigenvalue weighted by Gasteiger charge is 2.26. The van der Waals surface area contributed by atoms with E-state index in [-0.39, 0.29) is 29.4 Å². The number of halogens is 3. The number of amides is 1. The van der Waals surface area contributed by atoms with Crippen LogP contribution < -0.4 is 11.1 Å². The van der Waals surface area contributed by atoms with Gasteiger partial charge >= 0.3 is 0 Å². The number of carbonyl (C=O) groups excluding carboxylic acids is 1. The first kappa shape index (κ1) is 18.2. The SMILES string of the molecule is CC(N)C1CCN(CC(=O)Nc2ccc(F)cc2Cl)C1.Cl. The summed E-state index contributed by atoms with van der Waals surface area (Å²) in [5, 5.41) is 2.90. The van der Waals surface area contributed by atoms with Crippen LogP contribution in [0.1, 0.15) is 13.3 Å². The molecule has 4 nitrogen and oxygen atoms in total. The molecule has 118 valence electrons. The fourth-order valence-electron chi connectivity index (χ4n) is 2.42. The molecule has 3 N–H and O–H groups in total. The van der Waals surface area contributed by atoms with Crippen molar-refractivity contribution in [2.75, 3.05) is 25.0 Å². The fraction of sp³-hybridized carbons (Fsp3) is 0.500. The summed E-state index contributed by atoms with van der Waals surface area (Å²) in [6, 6.07) is 4.06. The lowest BCUT2D eigenvalue weighted by molar-refractivity contribution is -0.117. The number of hydrogen-bond donors (Lipinski definition) is 2. The average molecular weight is 336 g/mol. The molecule has 0 spiro atoms. The first-order valence-electron chi connectivity index (χ1n) is 6.68. The van der Waals surface area contributed by atoms with Crippen LogP contribution in [0.3, 0.4) is 0 Å². The third kappa shape index (κ3) is 5.11. The predicted molar refractivity (Wildman–Crippen MR) is 85.5 cm³/mol. The largest absolute Gasteiger partial charge is 0.328 e. The van der Waals surface area contributed by atoms with Gasteiger partial charge in [-0.1, -0.05) is 11.6 Å². The number of rotatable bonds is 4. The molecule has 1 aromatic rings. The van der Waals surface area contributed by atoms with Crippen molar-refractivity contribution in [1.29, 1.82) is 0 Å². The van der Waals surface area contributed by atoms with Crippen molar-refractivity contribution in [2.24, 2.45) is 11.7 Å². The zero-order chi connectivity index (χ0) is 14.7. The van der Waals surface area contributed by atoms with E-state index < -0.39 is 5.82 Å². The summed E-state index contributed by atoms with van der Waals surface area (Å²) in [5.41, 5.74) is 6.30. The van der Waals surface area contributed by atoms with Crippen LogP contribution in [0.15, 0.2) is 18.2 Å². The lowest BCUT2D eigenvalue weighted by Gasteiger charge is -2.17. The highest BCUT2D eigenvalue weighted by Crippen LogP contribution is 2.23. The molecule has 0 aliphatic carbocycles. The van der Waals surface area contributed by atoms with Crippen molar-refractivity contribution in [3.8, 4) is 0 Å². The van der Waals surface area contributed by atoms with Crippen LogP contribution in [0.5, 0.6) is 0 Å². The summed E-state index contributed by atoms with van der Waals surface area (Å²) in [6.07, 6.45) is 1.02. The minimum Gasteiger partial charge on any atom is -0.328 e. The Labute approximate surface area is 135 Å². The Bertz CT molecular complexity index is 499. The Morgan fingerprint density at radius 1 is 1.62 bits per heavy atom. The van der Waals surface area contributed by atoms with Crippen molar-refractivity contribution in [2.45, 2.75) is 19.4 Å². The topological polar surface area (TPSA) is 58.4 Å². The van der Waals surface area contributed by atoms with Crippen LogP contribution in [0.4, 0.5) is 10.1 Å². The van der Waals surface area contributed by atoms with Crippen molar-refractivity contribution in [3.05, 3.63) is 29.0 Å². The van der Waals surface area contributed by atoms with E-state index in [4.69, 9.17) is 17.3 Å². The first-order valence-corrected chi connectivity index (χ1v) is 7.06. The van der Waals surface area contributed by atoms with Crippen molar-refractivity contribution in [3.63, 3.8) is 0 Å². The van der Waals surface area contributed by atoms with Crippen LogP contribution in [-0.2, 0) is 4.79 Å². The monoisotopic (exact) mass is 335 g/mol. The zero-order valence-corrected chi connectivity index (χ0v) is 13.4. The minimum absolute atomic E-state index is 0. The van der Waals surface area contributed by atoms with E-state index in [1.165, 1.54) is 18.2 Å². The molecule has 0 saturated carbocycles. The summed E-state index contributed by atoms with van der Waals surface area (Å²) in [7, 11) is 0. The lowest BCUT2D eigenvalue weighted by Crippen LogP contribution is -2.34. The third-order valence-corrected chi connectivity index (χ3v) is 3.94. The second-order valence-corrected chi connectivity index (χ2v) is 5.72. The molecule has 1 fully saturated rings. The molecule has 2 rings (SSSR count). The molecule has 0 aromatic heterocycles. The maximum Gasteiger partial charge on any atom is 0.238 e. The quantitative estimate of drug-likeness (QED) is 0.888. The van der Waals surface area contributed by atoms with Gasteiger partial charge < -0.3 is 11.1 Å². The Morgan fingerprint density at radius 3 is 2.90 bits per heavy atom. The Morgan fingerprint density at radius 2 is 2.33 bits per heavy atom. The average Bonchev–Trinajstić information content (AvgIpc) is 2.81. The third-order valence-electron chi connectivity index (χ3n) is 3.62. The van der Waals surface area contributed by atoms with Gasteiger partial charge in [0.25, 0.3) is 0 Å². The smallest absolute Gasteiger partial charge is 0.238 e. The number of anilines is 1. The molecule has 21 heavy (non-hydrogen) atoms. The van der Waals surface area contributed by atoms with Crippen molar-refractivity contribution in [1.82, 2.24) is 4.90 Å². The van der Waals surface area contributed by atoms with Crippen molar-refractivity contribution >= 4 is 35.6 Å². The summed E-state index contributed by atoms with van der Waals surface area (Å²) in [5.74, 6) is -0.131. The molecule has 2 atom stereocenters. The van der Waals surface area contributed by atoms with E-state index in [1.807, 2.05) is 6.92 Å². The maximum absolute atomic E-state index is 12.9. The Hall–Kier alpha value is -0.880. The summed E-state index contributed by atoms with van der Waals surface area (Å²) >= 11 is 5.87. The van der Waals surface area contributed by atoms with Gasteiger partial charge in [-0.05, 0) is 44.0 Å². The highest BCUT2D eigenvalue weighted by molar-refractivity contribution is 6.33. The molecule has 2 unspecified atom stereocenters. The van der Waals surface area contributed by atoms with Crippen molar-refractivity contribution < 1.29 is 9.18 Å². The van der Waals surface area contributed by atoms with Crippen LogP contribution in [0.2, 0.25) is 5.02 Å². The molecule has 1 amide bonds. The normalized spacial score (nSPS) is 19.9.